The molecule has 2 aromatic carbocycles. The van der Waals surface area contributed by atoms with E-state index in [0.29, 0.717) is 29.6 Å². The second kappa shape index (κ2) is 8.67. The third-order valence-electron chi connectivity index (χ3n) is 5.54. The van der Waals surface area contributed by atoms with Crippen molar-refractivity contribution in [3.05, 3.63) is 81.9 Å². The van der Waals surface area contributed by atoms with Gasteiger partial charge in [0.1, 0.15) is 29.1 Å². The van der Waals surface area contributed by atoms with Crippen molar-refractivity contribution in [1.82, 2.24) is 9.97 Å². The quantitative estimate of drug-likeness (QED) is 0.554. The number of halogens is 2. The molecule has 33 heavy (non-hydrogen) atoms. The number of aromatic nitrogens is 2. The molecule has 0 radical (unpaired) electrons. The fraction of sp³-hybridized carbons (Fsp3) is 0.167. The number of nitrogens with two attached hydrogens (primary N) is 2. The molecular formula is C24H20F2N6O. The number of nitrogens with zero attached hydrogens (tertiary/aromatic N) is 3. The first-order valence-corrected chi connectivity index (χ1v) is 10.2. The maximum atomic E-state index is 14.1. The minimum Gasteiger partial charge on any atom is -0.382 e. The van der Waals surface area contributed by atoms with Crippen LogP contribution in [0.2, 0.25) is 0 Å². The number of anilines is 3. The van der Waals surface area contributed by atoms with Gasteiger partial charge in [-0.3, -0.25) is 4.79 Å². The van der Waals surface area contributed by atoms with Crippen LogP contribution in [0, 0.1) is 23.0 Å². The van der Waals surface area contributed by atoms with E-state index >= 15 is 0 Å². The Labute approximate surface area is 188 Å². The topological polar surface area (TPSA) is 131 Å². The van der Waals surface area contributed by atoms with Crippen molar-refractivity contribution in [3.8, 4) is 6.07 Å². The number of rotatable bonds is 4. The highest BCUT2D eigenvalue weighted by molar-refractivity contribution is 6.15. The van der Waals surface area contributed by atoms with Crippen molar-refractivity contribution >= 4 is 28.9 Å². The van der Waals surface area contributed by atoms with Crippen LogP contribution in [0.15, 0.2) is 48.0 Å². The standard InChI is InChI=1S/C24H20F2N6O/c1-12(30-23-19(11-27)22(28)31-24(29)32-23)20-17(14-8-15(25)10-16(26)9-14)7-6-13-4-2-3-5-18(13)21(20)33/h2-5,8-10,12H,6-7H2,1H3,(H5,28,29,30,31,32). The minimum absolute atomic E-state index is 0.0172. The Balaban J connectivity index is 1.88. The molecule has 0 fully saturated rings. The highest BCUT2D eigenvalue weighted by Gasteiger charge is 2.29. The molecule has 0 aliphatic heterocycles. The predicted molar refractivity (Wildman–Crippen MR) is 121 cm³/mol. The van der Waals surface area contributed by atoms with Crippen molar-refractivity contribution in [2.75, 3.05) is 16.8 Å². The second-order valence-corrected chi connectivity index (χ2v) is 7.71. The maximum absolute atomic E-state index is 14.1. The van der Waals surface area contributed by atoms with Crippen LogP contribution >= 0.6 is 0 Å². The van der Waals surface area contributed by atoms with Gasteiger partial charge in [0.2, 0.25) is 5.95 Å². The van der Waals surface area contributed by atoms with E-state index in [9.17, 15) is 18.8 Å². The Hall–Kier alpha value is -4.32. The second-order valence-electron chi connectivity index (χ2n) is 7.71. The molecule has 0 spiro atoms. The smallest absolute Gasteiger partial charge is 0.224 e. The van der Waals surface area contributed by atoms with Crippen molar-refractivity contribution in [2.45, 2.75) is 25.8 Å². The molecule has 1 aliphatic rings. The van der Waals surface area contributed by atoms with E-state index < -0.39 is 17.7 Å². The number of carbonyl (C=O) groups excluding carboxylic acids is 1. The van der Waals surface area contributed by atoms with Crippen molar-refractivity contribution in [1.29, 1.82) is 5.26 Å². The molecule has 0 saturated carbocycles. The molecule has 1 aromatic heterocycles. The fourth-order valence-corrected chi connectivity index (χ4v) is 4.11. The first kappa shape index (κ1) is 21.9. The fourth-order valence-electron chi connectivity index (χ4n) is 4.11. The van der Waals surface area contributed by atoms with E-state index in [1.165, 1.54) is 12.1 Å². The van der Waals surface area contributed by atoms with Gasteiger partial charge in [-0.25, -0.2) is 8.78 Å². The third kappa shape index (κ3) is 4.23. The van der Waals surface area contributed by atoms with Gasteiger partial charge < -0.3 is 16.8 Å². The summed E-state index contributed by atoms with van der Waals surface area (Å²) >= 11 is 0. The summed E-state index contributed by atoms with van der Waals surface area (Å²) in [6.07, 6.45) is 0.897. The Morgan fingerprint density at radius 3 is 2.48 bits per heavy atom. The number of nitrogen functional groups attached to an aromatic ring is 2. The molecule has 0 amide bonds. The summed E-state index contributed by atoms with van der Waals surface area (Å²) in [6, 6.07) is 11.6. The summed E-state index contributed by atoms with van der Waals surface area (Å²) in [5.74, 6) is -1.93. The van der Waals surface area contributed by atoms with Crippen LogP contribution in [0.5, 0.6) is 0 Å². The number of aryl methyl sites for hydroxylation is 1. The van der Waals surface area contributed by atoms with Crippen molar-refractivity contribution in [2.24, 2.45) is 0 Å². The first-order chi connectivity index (χ1) is 15.8. The summed E-state index contributed by atoms with van der Waals surface area (Å²) in [5, 5.41) is 12.5. The Kier molecular flexibility index (Phi) is 5.75. The molecule has 0 saturated heterocycles. The lowest BCUT2D eigenvalue weighted by atomic mass is 9.90. The maximum Gasteiger partial charge on any atom is 0.224 e. The van der Waals surface area contributed by atoms with Crippen LogP contribution in [-0.4, -0.2) is 21.8 Å². The van der Waals surface area contributed by atoms with Gasteiger partial charge in [0.15, 0.2) is 11.6 Å². The number of fused-ring (bicyclic) bond motifs is 1. The Morgan fingerprint density at radius 1 is 1.09 bits per heavy atom. The van der Waals surface area contributed by atoms with Crippen LogP contribution in [0.1, 0.15) is 40.4 Å². The third-order valence-corrected chi connectivity index (χ3v) is 5.54. The molecule has 1 aliphatic carbocycles. The number of carbonyl (C=O) groups is 1. The van der Waals surface area contributed by atoms with Crippen LogP contribution in [-0.2, 0) is 6.42 Å². The van der Waals surface area contributed by atoms with Gasteiger partial charge in [-0.05, 0) is 48.6 Å². The van der Waals surface area contributed by atoms with Crippen molar-refractivity contribution in [3.63, 3.8) is 0 Å². The zero-order chi connectivity index (χ0) is 23.7. The van der Waals surface area contributed by atoms with Gasteiger partial charge in [-0.2, -0.15) is 15.2 Å². The summed E-state index contributed by atoms with van der Waals surface area (Å²) in [4.78, 5) is 21.5. The molecule has 1 unspecified atom stereocenters. The van der Waals surface area contributed by atoms with Gasteiger partial charge in [0, 0.05) is 17.2 Å². The van der Waals surface area contributed by atoms with Crippen LogP contribution in [0.25, 0.3) is 5.57 Å². The zero-order valence-corrected chi connectivity index (χ0v) is 17.7. The van der Waals surface area contributed by atoms with Gasteiger partial charge in [0.25, 0.3) is 0 Å². The summed E-state index contributed by atoms with van der Waals surface area (Å²) in [5.41, 5.74) is 13.9. The SMILES string of the molecule is CC(Nc1nc(N)nc(N)c1C#N)C1=C(c2cc(F)cc(F)c2)CCc2ccccc2C1=O. The van der Waals surface area contributed by atoms with E-state index in [1.54, 1.807) is 19.1 Å². The van der Waals surface area contributed by atoms with E-state index in [-0.39, 0.29) is 34.5 Å². The average Bonchev–Trinajstić information content (AvgIpc) is 2.89. The predicted octanol–water partition coefficient (Wildman–Crippen LogP) is 3.87. The van der Waals surface area contributed by atoms with E-state index in [0.717, 1.165) is 11.6 Å². The van der Waals surface area contributed by atoms with Crippen LogP contribution < -0.4 is 16.8 Å². The first-order valence-electron chi connectivity index (χ1n) is 10.2. The largest absolute Gasteiger partial charge is 0.382 e. The van der Waals surface area contributed by atoms with Crippen molar-refractivity contribution < 1.29 is 13.6 Å². The summed E-state index contributed by atoms with van der Waals surface area (Å²) < 4.78 is 28.1. The average molecular weight is 446 g/mol. The minimum atomic E-state index is -0.741. The Bertz CT molecular complexity index is 1330. The number of ketones is 1. The number of hydrogen-bond donors (Lipinski definition) is 3. The highest BCUT2D eigenvalue weighted by atomic mass is 19.1. The molecule has 4 rings (SSSR count). The van der Waals surface area contributed by atoms with Crippen LogP contribution in [0.3, 0.4) is 0 Å². The van der Waals surface area contributed by atoms with Crippen LogP contribution in [0.4, 0.5) is 26.4 Å². The number of nitrogens with one attached hydrogen (secondary N) is 1. The molecule has 166 valence electrons. The van der Waals surface area contributed by atoms with Gasteiger partial charge in [-0.15, -0.1) is 0 Å². The molecule has 5 N–H and O–H groups in total. The number of allylic oxidation sites excluding steroid dienone is 1. The lowest BCUT2D eigenvalue weighted by Gasteiger charge is -2.22. The van der Waals surface area contributed by atoms with Gasteiger partial charge >= 0.3 is 0 Å². The molecule has 0 bridgehead atoms. The highest BCUT2D eigenvalue weighted by Crippen LogP contribution is 2.35. The lowest BCUT2D eigenvalue weighted by Crippen LogP contribution is -2.26. The Morgan fingerprint density at radius 2 is 1.79 bits per heavy atom. The normalized spacial score (nSPS) is 14.3. The molecule has 1 heterocycles. The van der Waals surface area contributed by atoms with E-state index in [2.05, 4.69) is 15.3 Å². The molecule has 3 aromatic rings. The molecule has 1 atom stereocenters. The number of hydrogen-bond acceptors (Lipinski definition) is 7. The molecule has 7 nitrogen and oxygen atoms in total. The number of Topliss-reactive ketones (excluding diaryl/α,β-unsaturated/α-hetero) is 1. The zero-order valence-electron chi connectivity index (χ0n) is 17.7. The summed E-state index contributed by atoms with van der Waals surface area (Å²) in [6.45, 7) is 1.70. The van der Waals surface area contributed by atoms with Gasteiger partial charge in [0.05, 0.1) is 6.04 Å². The number of benzene rings is 2. The van der Waals surface area contributed by atoms with E-state index in [1.807, 2.05) is 18.2 Å². The van der Waals surface area contributed by atoms with E-state index in [4.69, 9.17) is 11.5 Å². The molecular weight excluding hydrogens is 426 g/mol. The van der Waals surface area contributed by atoms with Gasteiger partial charge in [-0.1, -0.05) is 24.3 Å². The lowest BCUT2D eigenvalue weighted by molar-refractivity contribution is 0.103. The summed E-state index contributed by atoms with van der Waals surface area (Å²) in [7, 11) is 0. The number of nitriles is 1. The monoisotopic (exact) mass is 446 g/mol. The molecule has 9 heteroatoms.